The van der Waals surface area contributed by atoms with Crippen LogP contribution in [0.15, 0.2) is 42.6 Å². The lowest BCUT2D eigenvalue weighted by molar-refractivity contribution is 0.0718. The van der Waals surface area contributed by atoms with Crippen LogP contribution in [0.5, 0.6) is 0 Å². The van der Waals surface area contributed by atoms with Gasteiger partial charge in [0.25, 0.3) is 11.8 Å². The minimum Gasteiger partial charge on any atom is -0.755 e. The van der Waals surface area contributed by atoms with Crippen LogP contribution < -0.4 is 4.72 Å². The molecule has 1 N–H and O–H groups in total. The zero-order chi connectivity index (χ0) is 20.1. The van der Waals surface area contributed by atoms with Crippen molar-refractivity contribution in [3.8, 4) is 0 Å². The quantitative estimate of drug-likeness (QED) is 0.783. The highest BCUT2D eigenvalue weighted by Gasteiger charge is 2.24. The molecule has 2 aromatic rings. The summed E-state index contributed by atoms with van der Waals surface area (Å²) >= 11 is -2.40. The fourth-order valence-corrected chi connectivity index (χ4v) is 3.49. The molecule has 28 heavy (non-hydrogen) atoms. The van der Waals surface area contributed by atoms with Crippen LogP contribution in [0, 0.1) is 6.92 Å². The molecular weight excluding hydrogens is 380 g/mol. The van der Waals surface area contributed by atoms with Crippen LogP contribution >= 0.6 is 0 Å². The summed E-state index contributed by atoms with van der Waals surface area (Å²) in [6.45, 7) is 3.83. The minimum atomic E-state index is -2.40. The minimum absolute atomic E-state index is 0.0686. The van der Waals surface area contributed by atoms with Crippen molar-refractivity contribution in [2.45, 2.75) is 13.3 Å². The molecule has 8 nitrogen and oxygen atoms in total. The van der Waals surface area contributed by atoms with E-state index in [1.807, 2.05) is 6.92 Å². The summed E-state index contributed by atoms with van der Waals surface area (Å²) < 4.78 is 23.6. The number of hydrogen-bond acceptors (Lipinski definition) is 5. The molecule has 1 saturated heterocycles. The van der Waals surface area contributed by atoms with Gasteiger partial charge in [-0.2, -0.15) is 0 Å². The molecule has 3 rings (SSSR count). The average Bonchev–Trinajstić information content (AvgIpc) is 2.94. The molecule has 9 heteroatoms. The Balaban J connectivity index is 1.64. The van der Waals surface area contributed by atoms with Gasteiger partial charge in [0.05, 0.1) is 5.56 Å². The zero-order valence-electron chi connectivity index (χ0n) is 15.5. The number of amides is 2. The molecule has 0 aliphatic carbocycles. The molecule has 1 unspecified atom stereocenters. The van der Waals surface area contributed by atoms with Crippen molar-refractivity contribution in [1.82, 2.24) is 14.8 Å². The highest BCUT2D eigenvalue weighted by Crippen LogP contribution is 2.15. The van der Waals surface area contributed by atoms with Crippen molar-refractivity contribution in [2.75, 3.05) is 30.9 Å². The summed E-state index contributed by atoms with van der Waals surface area (Å²) in [5.41, 5.74) is 2.15. The number of hydrogen-bond donors (Lipinski definition) is 1. The predicted molar refractivity (Wildman–Crippen MR) is 104 cm³/mol. The number of aromatic nitrogens is 1. The van der Waals surface area contributed by atoms with Crippen LogP contribution in [-0.4, -0.2) is 61.5 Å². The molecule has 1 aromatic carbocycles. The normalized spacial score (nSPS) is 15.6. The standard InChI is InChI=1S/C19H22N4O4S/c1-14-17(4-2-9-20-14)19(25)23-11-3-10-22(12-13-23)18(24)15-5-7-16(8-6-15)21-28(26)27/h2,4-9,21H,3,10-13H2,1H3,(H,26,27)/p-1. The number of nitrogens with one attached hydrogen (secondary N) is 1. The summed E-state index contributed by atoms with van der Waals surface area (Å²) in [6.07, 6.45) is 2.34. The number of aryl methyl sites for hydroxylation is 1. The van der Waals surface area contributed by atoms with E-state index in [0.29, 0.717) is 55.1 Å². The van der Waals surface area contributed by atoms with Gasteiger partial charge in [-0.3, -0.25) is 18.8 Å². The second-order valence-corrected chi connectivity index (χ2v) is 7.16. The fourth-order valence-electron chi connectivity index (χ4n) is 3.16. The maximum Gasteiger partial charge on any atom is 0.255 e. The molecule has 2 amide bonds. The summed E-state index contributed by atoms with van der Waals surface area (Å²) in [5.74, 6) is -0.206. The Bertz CT molecular complexity index is 888. The van der Waals surface area contributed by atoms with Crippen LogP contribution in [0.3, 0.4) is 0 Å². The van der Waals surface area contributed by atoms with Crippen molar-refractivity contribution in [3.05, 3.63) is 59.4 Å². The van der Waals surface area contributed by atoms with Crippen LogP contribution in [0.2, 0.25) is 0 Å². The highest BCUT2D eigenvalue weighted by atomic mass is 32.2. The third-order valence-corrected chi connectivity index (χ3v) is 5.04. The largest absolute Gasteiger partial charge is 0.755 e. The molecule has 1 atom stereocenters. The van der Waals surface area contributed by atoms with Crippen molar-refractivity contribution in [2.24, 2.45) is 0 Å². The number of rotatable bonds is 4. The molecule has 2 heterocycles. The van der Waals surface area contributed by atoms with E-state index in [4.69, 9.17) is 0 Å². The molecule has 1 aromatic heterocycles. The van der Waals surface area contributed by atoms with Gasteiger partial charge in [-0.05, 0) is 49.7 Å². The summed E-state index contributed by atoms with van der Waals surface area (Å²) in [6, 6.07) is 9.77. The number of carbonyl (C=O) groups excluding carboxylic acids is 2. The number of nitrogens with zero attached hydrogens (tertiary/aromatic N) is 3. The first-order chi connectivity index (χ1) is 13.5. The Morgan fingerprint density at radius 2 is 1.68 bits per heavy atom. The molecular formula is C19H21N4O4S-. The number of anilines is 1. The van der Waals surface area contributed by atoms with E-state index in [9.17, 15) is 18.4 Å². The number of benzene rings is 1. The third-order valence-electron chi connectivity index (χ3n) is 4.64. The fraction of sp³-hybridized carbons (Fsp3) is 0.316. The predicted octanol–water partition coefficient (Wildman–Crippen LogP) is 1.58. The van der Waals surface area contributed by atoms with Gasteiger partial charge in [0, 0.05) is 60.6 Å². The Hall–Kier alpha value is -2.78. The first-order valence-corrected chi connectivity index (χ1v) is 9.99. The van der Waals surface area contributed by atoms with Gasteiger partial charge in [0.1, 0.15) is 0 Å². The molecule has 0 radical (unpaired) electrons. The van der Waals surface area contributed by atoms with Crippen LogP contribution in [-0.2, 0) is 11.3 Å². The lowest BCUT2D eigenvalue weighted by Crippen LogP contribution is -2.37. The summed E-state index contributed by atoms with van der Waals surface area (Å²) in [7, 11) is 0. The second kappa shape index (κ2) is 8.94. The first kappa shape index (κ1) is 20.0. The first-order valence-electron chi connectivity index (χ1n) is 8.92. The number of carbonyl (C=O) groups is 2. The second-order valence-electron chi connectivity index (χ2n) is 6.49. The molecule has 1 aliphatic heterocycles. The van der Waals surface area contributed by atoms with Crippen molar-refractivity contribution in [3.63, 3.8) is 0 Å². The van der Waals surface area contributed by atoms with Crippen LogP contribution in [0.25, 0.3) is 0 Å². The molecule has 0 saturated carbocycles. The molecule has 1 fully saturated rings. The van der Waals surface area contributed by atoms with E-state index in [2.05, 4.69) is 9.71 Å². The molecule has 0 spiro atoms. The Morgan fingerprint density at radius 1 is 1.04 bits per heavy atom. The molecule has 148 valence electrons. The van der Waals surface area contributed by atoms with Gasteiger partial charge in [-0.25, -0.2) is 0 Å². The monoisotopic (exact) mass is 401 g/mol. The van der Waals surface area contributed by atoms with E-state index in [-0.39, 0.29) is 11.8 Å². The van der Waals surface area contributed by atoms with E-state index < -0.39 is 11.3 Å². The van der Waals surface area contributed by atoms with E-state index in [1.165, 1.54) is 0 Å². The van der Waals surface area contributed by atoms with E-state index >= 15 is 0 Å². The third kappa shape index (κ3) is 4.73. The van der Waals surface area contributed by atoms with Crippen LogP contribution in [0.1, 0.15) is 32.8 Å². The topological polar surface area (TPSA) is 106 Å². The van der Waals surface area contributed by atoms with Gasteiger partial charge in [-0.1, -0.05) is 0 Å². The molecule has 1 aliphatic rings. The van der Waals surface area contributed by atoms with Crippen molar-refractivity contribution in [1.29, 1.82) is 0 Å². The molecule has 0 bridgehead atoms. The smallest absolute Gasteiger partial charge is 0.255 e. The maximum atomic E-state index is 12.8. The highest BCUT2D eigenvalue weighted by molar-refractivity contribution is 7.80. The Kier molecular flexibility index (Phi) is 6.37. The zero-order valence-corrected chi connectivity index (χ0v) is 16.3. The SMILES string of the molecule is Cc1ncccc1C(=O)N1CCCN(C(=O)c2ccc(NS(=O)[O-])cc2)CC1. The number of pyridine rings is 1. The van der Waals surface area contributed by atoms with Crippen molar-refractivity contribution < 1.29 is 18.4 Å². The van der Waals surface area contributed by atoms with Gasteiger partial charge >= 0.3 is 0 Å². The Morgan fingerprint density at radius 3 is 2.29 bits per heavy atom. The van der Waals surface area contributed by atoms with E-state index in [1.54, 1.807) is 52.4 Å². The van der Waals surface area contributed by atoms with Crippen molar-refractivity contribution >= 4 is 28.8 Å². The lowest BCUT2D eigenvalue weighted by atomic mass is 10.1. The Labute approximate surface area is 166 Å². The van der Waals surface area contributed by atoms with E-state index in [0.717, 1.165) is 0 Å². The van der Waals surface area contributed by atoms with Gasteiger partial charge in [-0.15, -0.1) is 0 Å². The lowest BCUT2D eigenvalue weighted by Gasteiger charge is -2.23. The van der Waals surface area contributed by atoms with Crippen LogP contribution in [0.4, 0.5) is 5.69 Å². The summed E-state index contributed by atoms with van der Waals surface area (Å²) in [4.78, 5) is 33.2. The maximum absolute atomic E-state index is 12.8. The van der Waals surface area contributed by atoms with Gasteiger partial charge < -0.3 is 19.1 Å². The van der Waals surface area contributed by atoms with Gasteiger partial charge in [0.15, 0.2) is 0 Å². The van der Waals surface area contributed by atoms with Gasteiger partial charge in [0.2, 0.25) is 0 Å². The average molecular weight is 401 g/mol. The summed E-state index contributed by atoms with van der Waals surface area (Å²) in [5, 5.41) is 0.